The Morgan fingerprint density at radius 3 is 2.74 bits per heavy atom. The highest BCUT2D eigenvalue weighted by Gasteiger charge is 2.45. The molecule has 2 amide bonds. The lowest BCUT2D eigenvalue weighted by Gasteiger charge is -2.25. The van der Waals surface area contributed by atoms with E-state index in [4.69, 9.17) is 4.74 Å². The van der Waals surface area contributed by atoms with E-state index in [2.05, 4.69) is 5.32 Å². The molecule has 1 aliphatic heterocycles. The van der Waals surface area contributed by atoms with Crippen LogP contribution in [-0.4, -0.2) is 41.6 Å². The number of thiophene rings is 1. The highest BCUT2D eigenvalue weighted by Crippen LogP contribution is 2.38. The van der Waals surface area contributed by atoms with Gasteiger partial charge in [0.25, 0.3) is 5.91 Å². The van der Waals surface area contributed by atoms with E-state index in [1.165, 1.54) is 0 Å². The predicted molar refractivity (Wildman–Crippen MR) is 89.6 cm³/mol. The van der Waals surface area contributed by atoms with Gasteiger partial charge in [0.1, 0.15) is 5.60 Å². The van der Waals surface area contributed by atoms with E-state index in [9.17, 15) is 9.59 Å². The highest BCUT2D eigenvalue weighted by molar-refractivity contribution is 7.08. The average Bonchev–Trinajstić information content (AvgIpc) is 3.13. The molecule has 0 unspecified atom stereocenters. The summed E-state index contributed by atoms with van der Waals surface area (Å²) >= 11 is 1.54. The number of carbonyl (C=O) groups excluding carboxylic acids is 2. The predicted octanol–water partition coefficient (Wildman–Crippen LogP) is 3.12. The summed E-state index contributed by atoms with van der Waals surface area (Å²) in [6.45, 7) is 7.11. The standard InChI is InChI=1S/C17H24N2O3S/c1-17(2,3)22-16(21)18-14-5-4-11-8-19(9-13(11)14)15(20)12-6-7-23-10-12/h6-7,10-11,13-14H,4-5,8-9H2,1-3H3,(H,18,21)/t11-,13-,14+/m0/s1. The van der Waals surface area contributed by atoms with E-state index in [-0.39, 0.29) is 18.0 Å². The highest BCUT2D eigenvalue weighted by atomic mass is 32.1. The largest absolute Gasteiger partial charge is 0.444 e. The second kappa shape index (κ2) is 6.15. The van der Waals surface area contributed by atoms with Crippen molar-refractivity contribution in [2.45, 2.75) is 45.3 Å². The number of rotatable bonds is 2. The summed E-state index contributed by atoms with van der Waals surface area (Å²) in [6, 6.07) is 1.98. The van der Waals surface area contributed by atoms with Crippen LogP contribution in [0.2, 0.25) is 0 Å². The minimum absolute atomic E-state index is 0.107. The van der Waals surface area contributed by atoms with E-state index in [1.807, 2.05) is 42.5 Å². The maximum atomic E-state index is 12.5. The summed E-state index contributed by atoms with van der Waals surface area (Å²) in [5, 5.41) is 6.83. The van der Waals surface area contributed by atoms with Crippen molar-refractivity contribution in [2.75, 3.05) is 13.1 Å². The maximum absolute atomic E-state index is 12.5. The Hall–Kier alpha value is -1.56. The molecule has 0 bridgehead atoms. The molecule has 1 saturated carbocycles. The Balaban J connectivity index is 1.59. The Bertz CT molecular complexity index is 579. The number of alkyl carbamates (subject to hydrolysis) is 1. The molecule has 1 saturated heterocycles. The fraction of sp³-hybridized carbons (Fsp3) is 0.647. The fourth-order valence-corrected chi connectivity index (χ4v) is 4.27. The van der Waals surface area contributed by atoms with Gasteiger partial charge in [-0.15, -0.1) is 0 Å². The first-order chi connectivity index (χ1) is 10.8. The van der Waals surface area contributed by atoms with Crippen LogP contribution in [0.3, 0.4) is 0 Å². The summed E-state index contributed by atoms with van der Waals surface area (Å²) in [5.74, 6) is 0.930. The van der Waals surface area contributed by atoms with Gasteiger partial charge < -0.3 is 15.0 Å². The van der Waals surface area contributed by atoms with Crippen molar-refractivity contribution >= 4 is 23.3 Å². The van der Waals surface area contributed by atoms with Gasteiger partial charge >= 0.3 is 6.09 Å². The van der Waals surface area contributed by atoms with Gasteiger partial charge in [-0.2, -0.15) is 11.3 Å². The van der Waals surface area contributed by atoms with Gasteiger partial charge in [0, 0.05) is 30.4 Å². The zero-order valence-electron chi connectivity index (χ0n) is 13.9. The van der Waals surface area contributed by atoms with Crippen molar-refractivity contribution in [3.63, 3.8) is 0 Å². The third-order valence-electron chi connectivity index (χ3n) is 4.61. The minimum atomic E-state index is -0.487. The molecule has 0 aromatic carbocycles. The smallest absolute Gasteiger partial charge is 0.407 e. The number of hydrogen-bond acceptors (Lipinski definition) is 4. The van der Waals surface area contributed by atoms with Gasteiger partial charge in [-0.25, -0.2) is 4.79 Å². The number of amides is 2. The van der Waals surface area contributed by atoms with Crippen LogP contribution >= 0.6 is 11.3 Å². The van der Waals surface area contributed by atoms with E-state index >= 15 is 0 Å². The molecule has 2 fully saturated rings. The lowest BCUT2D eigenvalue weighted by molar-refractivity contribution is 0.0491. The van der Waals surface area contributed by atoms with Gasteiger partial charge in [0.2, 0.25) is 0 Å². The van der Waals surface area contributed by atoms with E-state index in [0.29, 0.717) is 11.8 Å². The van der Waals surface area contributed by atoms with Crippen molar-refractivity contribution < 1.29 is 14.3 Å². The maximum Gasteiger partial charge on any atom is 0.407 e. The second-order valence-corrected chi connectivity index (χ2v) is 8.26. The van der Waals surface area contributed by atoms with Gasteiger partial charge in [-0.05, 0) is 51.0 Å². The molecular weight excluding hydrogens is 312 g/mol. The summed E-state index contributed by atoms with van der Waals surface area (Å²) < 4.78 is 5.35. The van der Waals surface area contributed by atoms with E-state index < -0.39 is 5.60 Å². The second-order valence-electron chi connectivity index (χ2n) is 7.48. The third kappa shape index (κ3) is 3.68. The molecule has 3 rings (SSSR count). The summed E-state index contributed by atoms with van der Waals surface area (Å²) in [5.41, 5.74) is 0.283. The van der Waals surface area contributed by atoms with Gasteiger partial charge in [-0.1, -0.05) is 0 Å². The number of ether oxygens (including phenoxy) is 1. The van der Waals surface area contributed by atoms with Crippen LogP contribution < -0.4 is 5.32 Å². The van der Waals surface area contributed by atoms with Crippen LogP contribution in [0.15, 0.2) is 16.8 Å². The van der Waals surface area contributed by atoms with Gasteiger partial charge in [0.05, 0.1) is 5.56 Å². The van der Waals surface area contributed by atoms with Crippen LogP contribution in [-0.2, 0) is 4.74 Å². The Kier molecular flexibility index (Phi) is 4.36. The van der Waals surface area contributed by atoms with Crippen molar-refractivity contribution in [1.82, 2.24) is 10.2 Å². The van der Waals surface area contributed by atoms with Crippen LogP contribution in [0.4, 0.5) is 4.79 Å². The number of nitrogens with one attached hydrogen (secondary N) is 1. The van der Waals surface area contributed by atoms with Crippen molar-refractivity contribution in [1.29, 1.82) is 0 Å². The lowest BCUT2D eigenvalue weighted by atomic mass is 9.98. The first kappa shape index (κ1) is 16.3. The quantitative estimate of drug-likeness (QED) is 0.903. The number of fused-ring (bicyclic) bond motifs is 1. The molecule has 2 aliphatic rings. The topological polar surface area (TPSA) is 58.6 Å². The van der Waals surface area contributed by atoms with Crippen molar-refractivity contribution in [3.05, 3.63) is 22.4 Å². The monoisotopic (exact) mass is 336 g/mol. The molecule has 5 nitrogen and oxygen atoms in total. The molecule has 1 aliphatic carbocycles. The van der Waals surface area contributed by atoms with Gasteiger partial charge in [0.15, 0.2) is 0 Å². The number of hydrogen-bond donors (Lipinski definition) is 1. The zero-order chi connectivity index (χ0) is 16.6. The molecule has 23 heavy (non-hydrogen) atoms. The molecule has 0 spiro atoms. The number of carbonyl (C=O) groups is 2. The molecule has 126 valence electrons. The van der Waals surface area contributed by atoms with Crippen molar-refractivity contribution in [3.8, 4) is 0 Å². The first-order valence-corrected chi connectivity index (χ1v) is 9.09. The van der Waals surface area contributed by atoms with Gasteiger partial charge in [-0.3, -0.25) is 4.79 Å². The first-order valence-electron chi connectivity index (χ1n) is 8.14. The SMILES string of the molecule is CC(C)(C)OC(=O)N[C@@H]1CC[C@H]2CN(C(=O)c3ccsc3)C[C@@H]21. The van der Waals surface area contributed by atoms with E-state index in [0.717, 1.165) is 31.5 Å². The molecule has 1 aromatic heterocycles. The molecule has 1 N–H and O–H groups in total. The number of likely N-dealkylation sites (tertiary alicyclic amines) is 1. The Labute approximate surface area is 141 Å². The van der Waals surface area contributed by atoms with Crippen LogP contribution in [0.25, 0.3) is 0 Å². The zero-order valence-corrected chi connectivity index (χ0v) is 14.7. The third-order valence-corrected chi connectivity index (χ3v) is 5.30. The molecule has 6 heteroatoms. The minimum Gasteiger partial charge on any atom is -0.444 e. The van der Waals surface area contributed by atoms with E-state index in [1.54, 1.807) is 11.3 Å². The summed E-state index contributed by atoms with van der Waals surface area (Å²) in [7, 11) is 0. The Morgan fingerprint density at radius 2 is 2.09 bits per heavy atom. The van der Waals surface area contributed by atoms with Crippen LogP contribution in [0, 0.1) is 11.8 Å². The van der Waals surface area contributed by atoms with Crippen molar-refractivity contribution in [2.24, 2.45) is 11.8 Å². The normalized spacial score (nSPS) is 26.9. The average molecular weight is 336 g/mol. The van der Waals surface area contributed by atoms with Crippen LogP contribution in [0.5, 0.6) is 0 Å². The number of nitrogens with zero attached hydrogens (tertiary/aromatic N) is 1. The molecular formula is C17H24N2O3S. The molecule has 2 heterocycles. The summed E-state index contributed by atoms with van der Waals surface area (Å²) in [6.07, 6.45) is 1.67. The van der Waals surface area contributed by atoms with Crippen LogP contribution in [0.1, 0.15) is 44.0 Å². The molecule has 1 aromatic rings. The fourth-order valence-electron chi connectivity index (χ4n) is 3.64. The Morgan fingerprint density at radius 1 is 1.30 bits per heavy atom. The lowest BCUT2D eigenvalue weighted by Crippen LogP contribution is -2.42. The summed E-state index contributed by atoms with van der Waals surface area (Å²) in [4.78, 5) is 26.4. The molecule has 3 atom stereocenters. The molecule has 0 radical (unpaired) electrons.